The zero-order valence-corrected chi connectivity index (χ0v) is 19.8. The van der Waals surface area contributed by atoms with Gasteiger partial charge in [0.2, 0.25) is 0 Å². The third kappa shape index (κ3) is 4.15. The minimum absolute atomic E-state index is 0.0321. The number of amides is 1. The number of rotatable bonds is 7. The van der Waals surface area contributed by atoms with Gasteiger partial charge in [0.15, 0.2) is 0 Å². The topological polar surface area (TPSA) is 54.5 Å². The van der Waals surface area contributed by atoms with Crippen molar-refractivity contribution in [3.63, 3.8) is 0 Å². The summed E-state index contributed by atoms with van der Waals surface area (Å²) in [5.74, 6) is 0.0321. The Hall–Kier alpha value is -3.70. The van der Waals surface area contributed by atoms with Gasteiger partial charge in [0.25, 0.3) is 5.91 Å². The lowest BCUT2D eigenvalue weighted by Crippen LogP contribution is -2.25. The van der Waals surface area contributed by atoms with Gasteiger partial charge in [-0.05, 0) is 53.1 Å². The molecule has 2 heterocycles. The molecule has 3 aromatic carbocycles. The maximum absolute atomic E-state index is 13.4. The van der Waals surface area contributed by atoms with E-state index in [1.807, 2.05) is 47.4 Å². The normalized spacial score (nSPS) is 13.4. The average molecular weight is 452 g/mol. The van der Waals surface area contributed by atoms with Crippen LogP contribution in [0.4, 0.5) is 11.4 Å². The van der Waals surface area contributed by atoms with E-state index in [4.69, 9.17) is 4.74 Å². The van der Waals surface area contributed by atoms with E-state index in [1.54, 1.807) is 13.3 Å². The van der Waals surface area contributed by atoms with Crippen LogP contribution in [0.3, 0.4) is 0 Å². The zero-order valence-electron chi connectivity index (χ0n) is 19.8. The summed E-state index contributed by atoms with van der Waals surface area (Å²) in [6.45, 7) is 6.17. The summed E-state index contributed by atoms with van der Waals surface area (Å²) < 4.78 is 5.36. The van der Waals surface area contributed by atoms with Gasteiger partial charge in [0, 0.05) is 42.0 Å². The first-order chi connectivity index (χ1) is 16.5. The molecule has 0 spiro atoms. The molecule has 0 atom stereocenters. The first kappa shape index (κ1) is 22.1. The monoisotopic (exact) mass is 451 g/mol. The molecular weight excluding hydrogens is 422 g/mol. The van der Waals surface area contributed by atoms with E-state index in [2.05, 4.69) is 54.5 Å². The van der Waals surface area contributed by atoms with Gasteiger partial charge in [-0.3, -0.25) is 9.78 Å². The standard InChI is InChI=1S/C29H29N3O2/c1-29(2,19-34-3)23-10-12-24(13-11-23)32-18-22-6-4-8-26(27(22)28(32)33)31-17-20-9-14-25-21(16-20)7-5-15-30-25/h4-16,31H,17-19H2,1-3H3. The molecule has 5 nitrogen and oxygen atoms in total. The molecule has 1 amide bonds. The molecule has 34 heavy (non-hydrogen) atoms. The van der Waals surface area contributed by atoms with Crippen LogP contribution in [0.5, 0.6) is 0 Å². The molecule has 0 fully saturated rings. The minimum Gasteiger partial charge on any atom is -0.384 e. The molecule has 4 aromatic rings. The Labute approximate surface area is 200 Å². The Kier molecular flexibility index (Phi) is 5.80. The van der Waals surface area contributed by atoms with Crippen LogP contribution in [0.1, 0.15) is 40.9 Å². The second kappa shape index (κ2) is 8.92. The van der Waals surface area contributed by atoms with Crippen molar-refractivity contribution in [2.24, 2.45) is 0 Å². The van der Waals surface area contributed by atoms with Crippen molar-refractivity contribution in [1.82, 2.24) is 4.98 Å². The van der Waals surface area contributed by atoms with E-state index in [1.165, 1.54) is 5.56 Å². The van der Waals surface area contributed by atoms with Crippen molar-refractivity contribution in [2.45, 2.75) is 32.4 Å². The van der Waals surface area contributed by atoms with Gasteiger partial charge in [-0.1, -0.05) is 50.2 Å². The zero-order chi connectivity index (χ0) is 23.7. The second-order valence-corrected chi connectivity index (χ2v) is 9.48. The van der Waals surface area contributed by atoms with Crippen molar-refractivity contribution in [3.05, 3.63) is 101 Å². The smallest absolute Gasteiger partial charge is 0.261 e. The summed E-state index contributed by atoms with van der Waals surface area (Å²) in [4.78, 5) is 19.7. The molecular formula is C29H29N3O2. The Balaban J connectivity index is 1.35. The van der Waals surface area contributed by atoms with Gasteiger partial charge in [0.05, 0.1) is 24.2 Å². The van der Waals surface area contributed by atoms with Gasteiger partial charge in [0.1, 0.15) is 0 Å². The van der Waals surface area contributed by atoms with E-state index in [0.717, 1.165) is 39.0 Å². The van der Waals surface area contributed by atoms with Crippen LogP contribution in [0, 0.1) is 0 Å². The molecule has 1 N–H and O–H groups in total. The van der Waals surface area contributed by atoms with Gasteiger partial charge >= 0.3 is 0 Å². The van der Waals surface area contributed by atoms with Crippen molar-refractivity contribution in [2.75, 3.05) is 23.9 Å². The first-order valence-electron chi connectivity index (χ1n) is 11.6. The molecule has 1 aliphatic heterocycles. The number of aromatic nitrogens is 1. The highest BCUT2D eigenvalue weighted by molar-refractivity contribution is 6.13. The Morgan fingerprint density at radius 3 is 2.65 bits per heavy atom. The van der Waals surface area contributed by atoms with Gasteiger partial charge in [-0.15, -0.1) is 0 Å². The van der Waals surface area contributed by atoms with E-state index in [0.29, 0.717) is 19.7 Å². The van der Waals surface area contributed by atoms with E-state index in [9.17, 15) is 4.79 Å². The number of hydrogen-bond donors (Lipinski definition) is 1. The third-order valence-electron chi connectivity index (χ3n) is 6.55. The van der Waals surface area contributed by atoms with Crippen LogP contribution >= 0.6 is 0 Å². The van der Waals surface area contributed by atoms with Crippen molar-refractivity contribution >= 4 is 28.2 Å². The van der Waals surface area contributed by atoms with Crippen LogP contribution in [-0.2, 0) is 23.2 Å². The predicted molar refractivity (Wildman–Crippen MR) is 137 cm³/mol. The lowest BCUT2D eigenvalue weighted by Gasteiger charge is -2.25. The summed E-state index contributed by atoms with van der Waals surface area (Å²) in [6.07, 6.45) is 1.80. The fourth-order valence-electron chi connectivity index (χ4n) is 4.69. The quantitative estimate of drug-likeness (QED) is 0.378. The van der Waals surface area contributed by atoms with Gasteiger partial charge in [-0.25, -0.2) is 0 Å². The number of ether oxygens (including phenoxy) is 1. The summed E-state index contributed by atoms with van der Waals surface area (Å²) in [7, 11) is 1.72. The number of carbonyl (C=O) groups is 1. The van der Waals surface area contributed by atoms with Gasteiger partial charge < -0.3 is 15.0 Å². The maximum Gasteiger partial charge on any atom is 0.261 e. The summed E-state index contributed by atoms with van der Waals surface area (Å²) in [5, 5.41) is 4.60. The highest BCUT2D eigenvalue weighted by Gasteiger charge is 2.31. The summed E-state index contributed by atoms with van der Waals surface area (Å²) in [5.41, 5.74) is 6.82. The van der Waals surface area contributed by atoms with E-state index >= 15 is 0 Å². The molecule has 0 bridgehead atoms. The number of carbonyl (C=O) groups excluding carboxylic acids is 1. The van der Waals surface area contributed by atoms with E-state index < -0.39 is 0 Å². The highest BCUT2D eigenvalue weighted by Crippen LogP contribution is 2.34. The number of anilines is 2. The predicted octanol–water partition coefficient (Wildman–Crippen LogP) is 5.93. The van der Waals surface area contributed by atoms with Crippen molar-refractivity contribution in [1.29, 1.82) is 0 Å². The van der Waals surface area contributed by atoms with Crippen LogP contribution in [0.25, 0.3) is 10.9 Å². The van der Waals surface area contributed by atoms with Crippen LogP contribution < -0.4 is 10.2 Å². The molecule has 5 heteroatoms. The molecule has 1 aromatic heterocycles. The Bertz CT molecular complexity index is 1350. The number of hydrogen-bond acceptors (Lipinski definition) is 4. The SMILES string of the molecule is COCC(C)(C)c1ccc(N2Cc3cccc(NCc4ccc5ncccc5c4)c3C2=O)cc1. The Morgan fingerprint density at radius 1 is 1.03 bits per heavy atom. The molecule has 5 rings (SSSR count). The summed E-state index contributed by atoms with van der Waals surface area (Å²) in [6, 6.07) is 24.6. The van der Waals surface area contributed by atoms with Crippen molar-refractivity contribution in [3.8, 4) is 0 Å². The molecule has 0 saturated heterocycles. The van der Waals surface area contributed by atoms with Crippen molar-refractivity contribution < 1.29 is 9.53 Å². The number of pyridine rings is 1. The number of benzene rings is 3. The second-order valence-electron chi connectivity index (χ2n) is 9.48. The third-order valence-corrected chi connectivity index (χ3v) is 6.55. The fraction of sp³-hybridized carbons (Fsp3) is 0.241. The number of nitrogens with one attached hydrogen (secondary N) is 1. The number of nitrogens with zero attached hydrogens (tertiary/aromatic N) is 2. The average Bonchev–Trinajstić information content (AvgIpc) is 3.19. The van der Waals surface area contributed by atoms with Crippen LogP contribution in [0.15, 0.2) is 79.0 Å². The fourth-order valence-corrected chi connectivity index (χ4v) is 4.69. The first-order valence-corrected chi connectivity index (χ1v) is 11.6. The summed E-state index contributed by atoms with van der Waals surface area (Å²) >= 11 is 0. The molecule has 172 valence electrons. The van der Waals surface area contributed by atoms with Gasteiger partial charge in [-0.2, -0.15) is 0 Å². The maximum atomic E-state index is 13.4. The van der Waals surface area contributed by atoms with Crippen LogP contribution in [-0.4, -0.2) is 24.6 Å². The molecule has 1 aliphatic rings. The number of methoxy groups -OCH3 is 1. The Morgan fingerprint density at radius 2 is 1.85 bits per heavy atom. The van der Waals surface area contributed by atoms with Crippen LogP contribution in [0.2, 0.25) is 0 Å². The molecule has 0 radical (unpaired) electrons. The largest absolute Gasteiger partial charge is 0.384 e. The van der Waals surface area contributed by atoms with E-state index in [-0.39, 0.29) is 11.3 Å². The molecule has 0 unspecified atom stereocenters. The lowest BCUT2D eigenvalue weighted by molar-refractivity contribution is 0.0997. The minimum atomic E-state index is -0.0822. The molecule has 0 aliphatic carbocycles. The lowest BCUT2D eigenvalue weighted by atomic mass is 9.85. The number of fused-ring (bicyclic) bond motifs is 2. The highest BCUT2D eigenvalue weighted by atomic mass is 16.5. The molecule has 0 saturated carbocycles.